The Bertz CT molecular complexity index is 103. The third kappa shape index (κ3) is 1.96. The van der Waals surface area contributed by atoms with Gasteiger partial charge in [-0.3, -0.25) is 0 Å². The van der Waals surface area contributed by atoms with Crippen molar-refractivity contribution in [1.82, 2.24) is 0 Å². The molecule has 0 N–H and O–H groups in total. The number of hydrogen-bond acceptors (Lipinski definition) is 2. The van der Waals surface area contributed by atoms with E-state index in [0.717, 1.165) is 13.0 Å². The summed E-state index contributed by atoms with van der Waals surface area (Å²) in [5, 5.41) is 0. The van der Waals surface area contributed by atoms with Gasteiger partial charge in [-0.25, -0.2) is 0 Å². The van der Waals surface area contributed by atoms with Crippen molar-refractivity contribution in [3.8, 4) is 0 Å². The second-order valence-corrected chi connectivity index (χ2v) is 3.05. The van der Waals surface area contributed by atoms with Crippen LogP contribution in [0.15, 0.2) is 0 Å². The van der Waals surface area contributed by atoms with Gasteiger partial charge >= 0.3 is 0 Å². The third-order valence-electron chi connectivity index (χ3n) is 2.13. The van der Waals surface area contributed by atoms with Crippen molar-refractivity contribution in [3.05, 3.63) is 0 Å². The van der Waals surface area contributed by atoms with Gasteiger partial charge in [-0.05, 0) is 26.2 Å². The molecule has 1 saturated heterocycles. The van der Waals surface area contributed by atoms with Gasteiger partial charge in [0.05, 0.1) is 12.7 Å². The second-order valence-electron chi connectivity index (χ2n) is 3.05. The Kier molecular flexibility index (Phi) is 2.69. The van der Waals surface area contributed by atoms with Crippen molar-refractivity contribution >= 4 is 0 Å². The zero-order valence-electron chi connectivity index (χ0n) is 6.96. The lowest BCUT2D eigenvalue weighted by atomic mass is 10.0. The van der Waals surface area contributed by atoms with Gasteiger partial charge in [-0.1, -0.05) is 6.92 Å². The molecule has 0 aromatic rings. The summed E-state index contributed by atoms with van der Waals surface area (Å²) >= 11 is 0. The maximum absolute atomic E-state index is 5.50. The zero-order valence-corrected chi connectivity index (χ0v) is 6.96. The van der Waals surface area contributed by atoms with Crippen LogP contribution >= 0.6 is 0 Å². The van der Waals surface area contributed by atoms with E-state index >= 15 is 0 Å². The van der Waals surface area contributed by atoms with E-state index in [1.54, 1.807) is 0 Å². The largest absolute Gasteiger partial charge is 0.353 e. The maximum Gasteiger partial charge on any atom is 0.155 e. The molecule has 0 aromatic heterocycles. The van der Waals surface area contributed by atoms with Crippen molar-refractivity contribution in [1.29, 1.82) is 0 Å². The summed E-state index contributed by atoms with van der Waals surface area (Å²) in [6.45, 7) is 7.10. The van der Waals surface area contributed by atoms with Crippen molar-refractivity contribution < 1.29 is 9.47 Å². The first-order chi connectivity index (χ1) is 4.70. The molecule has 1 rings (SSSR count). The summed E-state index contributed by atoms with van der Waals surface area (Å²) in [6, 6.07) is 0. The third-order valence-corrected chi connectivity index (χ3v) is 2.13. The molecule has 0 radical (unpaired) electrons. The van der Waals surface area contributed by atoms with Gasteiger partial charge in [0.25, 0.3) is 0 Å². The summed E-state index contributed by atoms with van der Waals surface area (Å²) in [5.74, 6) is 0.630. The summed E-state index contributed by atoms with van der Waals surface area (Å²) in [5.41, 5.74) is 0. The number of hydrogen-bond donors (Lipinski definition) is 0. The molecule has 2 heteroatoms. The van der Waals surface area contributed by atoms with Gasteiger partial charge in [0.2, 0.25) is 0 Å². The van der Waals surface area contributed by atoms with Gasteiger partial charge in [0.15, 0.2) is 6.29 Å². The van der Waals surface area contributed by atoms with Crippen LogP contribution in [-0.2, 0) is 9.47 Å². The average Bonchev–Trinajstić information content (AvgIpc) is 1.96. The highest BCUT2D eigenvalue weighted by Gasteiger charge is 2.19. The van der Waals surface area contributed by atoms with E-state index < -0.39 is 0 Å². The number of ether oxygens (including phenoxy) is 2. The summed E-state index contributed by atoms with van der Waals surface area (Å²) in [4.78, 5) is 0. The molecule has 60 valence electrons. The summed E-state index contributed by atoms with van der Waals surface area (Å²) in [6.07, 6.45) is 1.45. The fraction of sp³-hybridized carbons (Fsp3) is 1.00. The van der Waals surface area contributed by atoms with Crippen LogP contribution in [0.25, 0.3) is 0 Å². The van der Waals surface area contributed by atoms with Gasteiger partial charge in [-0.2, -0.15) is 0 Å². The fourth-order valence-electron chi connectivity index (χ4n) is 1.13. The topological polar surface area (TPSA) is 18.5 Å². The lowest BCUT2D eigenvalue weighted by Crippen LogP contribution is -2.20. The Morgan fingerprint density at radius 3 is 2.60 bits per heavy atom. The molecular formula is C8H16O2. The molecule has 0 aliphatic carbocycles. The van der Waals surface area contributed by atoms with Crippen LogP contribution in [0.1, 0.15) is 27.2 Å². The van der Waals surface area contributed by atoms with Crippen LogP contribution in [0.3, 0.4) is 0 Å². The molecule has 1 fully saturated rings. The molecule has 1 aliphatic rings. The van der Waals surface area contributed by atoms with E-state index in [9.17, 15) is 0 Å². The van der Waals surface area contributed by atoms with Crippen LogP contribution < -0.4 is 0 Å². The molecule has 2 nitrogen and oxygen atoms in total. The first-order valence-electron chi connectivity index (χ1n) is 3.97. The molecule has 0 bridgehead atoms. The van der Waals surface area contributed by atoms with E-state index in [4.69, 9.17) is 9.47 Å². The molecular weight excluding hydrogens is 128 g/mol. The molecule has 0 saturated carbocycles. The molecule has 1 aliphatic heterocycles. The van der Waals surface area contributed by atoms with Crippen molar-refractivity contribution in [2.45, 2.75) is 39.6 Å². The molecule has 0 aromatic carbocycles. The van der Waals surface area contributed by atoms with E-state index in [1.807, 2.05) is 6.92 Å². The summed E-state index contributed by atoms with van der Waals surface area (Å²) in [7, 11) is 0. The zero-order chi connectivity index (χ0) is 7.56. The van der Waals surface area contributed by atoms with Crippen molar-refractivity contribution in [2.75, 3.05) is 6.61 Å². The van der Waals surface area contributed by atoms with Crippen LogP contribution in [0, 0.1) is 5.92 Å². The first kappa shape index (κ1) is 8.02. The Morgan fingerprint density at radius 1 is 1.20 bits per heavy atom. The van der Waals surface area contributed by atoms with Gasteiger partial charge in [0.1, 0.15) is 0 Å². The Morgan fingerprint density at radius 2 is 1.90 bits per heavy atom. The molecule has 0 spiro atoms. The van der Waals surface area contributed by atoms with Crippen LogP contribution in [0.4, 0.5) is 0 Å². The smallest absolute Gasteiger partial charge is 0.155 e. The molecule has 10 heavy (non-hydrogen) atoms. The van der Waals surface area contributed by atoms with E-state index in [-0.39, 0.29) is 6.29 Å². The Balaban J connectivity index is 2.41. The Labute approximate surface area is 62.5 Å². The molecule has 3 atom stereocenters. The second kappa shape index (κ2) is 3.35. The van der Waals surface area contributed by atoms with Gasteiger partial charge in [0, 0.05) is 0 Å². The molecule has 3 unspecified atom stereocenters. The highest BCUT2D eigenvalue weighted by molar-refractivity contribution is 4.63. The fourth-order valence-corrected chi connectivity index (χ4v) is 1.13. The van der Waals surface area contributed by atoms with Crippen LogP contribution in [0.2, 0.25) is 0 Å². The van der Waals surface area contributed by atoms with Crippen molar-refractivity contribution in [2.24, 2.45) is 5.92 Å². The standard InChI is InChI=1S/C8H16O2/c1-6-4-5-9-8(3)10-7(6)2/h6-8H,4-5H2,1-3H3. The predicted molar refractivity (Wildman–Crippen MR) is 39.7 cm³/mol. The van der Waals surface area contributed by atoms with Gasteiger partial charge in [-0.15, -0.1) is 0 Å². The van der Waals surface area contributed by atoms with Crippen molar-refractivity contribution in [3.63, 3.8) is 0 Å². The summed E-state index contributed by atoms with van der Waals surface area (Å²) < 4.78 is 10.8. The quantitative estimate of drug-likeness (QED) is 0.516. The normalized spacial score (nSPS) is 42.9. The lowest BCUT2D eigenvalue weighted by Gasteiger charge is -2.17. The SMILES string of the molecule is CC1OCCC(C)C(C)O1. The van der Waals surface area contributed by atoms with Crippen LogP contribution in [-0.4, -0.2) is 19.0 Å². The predicted octanol–water partition coefficient (Wildman–Crippen LogP) is 1.79. The highest BCUT2D eigenvalue weighted by Crippen LogP contribution is 2.17. The Hall–Kier alpha value is -0.0800. The first-order valence-corrected chi connectivity index (χ1v) is 3.97. The number of rotatable bonds is 0. The maximum atomic E-state index is 5.50. The lowest BCUT2D eigenvalue weighted by molar-refractivity contribution is -0.141. The van der Waals surface area contributed by atoms with E-state index in [2.05, 4.69) is 13.8 Å². The monoisotopic (exact) mass is 144 g/mol. The highest BCUT2D eigenvalue weighted by atomic mass is 16.7. The molecule has 0 amide bonds. The minimum atomic E-state index is -0.0139. The molecule has 1 heterocycles. The minimum absolute atomic E-state index is 0.0139. The van der Waals surface area contributed by atoms with Crippen LogP contribution in [0.5, 0.6) is 0 Å². The van der Waals surface area contributed by atoms with E-state index in [1.165, 1.54) is 0 Å². The van der Waals surface area contributed by atoms with Gasteiger partial charge < -0.3 is 9.47 Å². The van der Waals surface area contributed by atoms with E-state index in [0.29, 0.717) is 12.0 Å². The minimum Gasteiger partial charge on any atom is -0.353 e. The average molecular weight is 144 g/mol.